The minimum atomic E-state index is -0.165. The fraction of sp³-hybridized carbons (Fsp3) is 0.417. The normalized spacial score (nSPS) is 10.1. The van der Waals surface area contributed by atoms with Crippen LogP contribution in [0, 0.1) is 0 Å². The first kappa shape index (κ1) is 13.8. The maximum Gasteiger partial charge on any atom is 0.260 e. The third kappa shape index (κ3) is 4.24. The number of rotatable bonds is 6. The van der Waals surface area contributed by atoms with Crippen LogP contribution in [0.25, 0.3) is 0 Å². The highest BCUT2D eigenvalue weighted by atomic mass is 35.5. The second kappa shape index (κ2) is 7.14. The molecule has 0 saturated carbocycles. The van der Waals surface area contributed by atoms with Crippen molar-refractivity contribution < 1.29 is 14.6 Å². The summed E-state index contributed by atoms with van der Waals surface area (Å²) in [5.74, 6) is 0.323. The lowest BCUT2D eigenvalue weighted by atomic mass is 10.3. The number of halogens is 1. The zero-order chi connectivity index (χ0) is 12.7. The van der Waals surface area contributed by atoms with Crippen LogP contribution >= 0.6 is 11.6 Å². The molecule has 1 aromatic carbocycles. The molecular formula is C12H16ClNO3. The zero-order valence-electron chi connectivity index (χ0n) is 9.73. The minimum Gasteiger partial charge on any atom is -0.482 e. The van der Waals surface area contributed by atoms with Crippen LogP contribution < -0.4 is 4.74 Å². The van der Waals surface area contributed by atoms with Gasteiger partial charge in [0.1, 0.15) is 5.75 Å². The Kier molecular flexibility index (Phi) is 5.80. The highest BCUT2D eigenvalue weighted by Gasteiger charge is 2.12. The summed E-state index contributed by atoms with van der Waals surface area (Å²) in [7, 11) is 0. The van der Waals surface area contributed by atoms with Crippen molar-refractivity contribution in [3.05, 3.63) is 29.3 Å². The largest absolute Gasteiger partial charge is 0.482 e. The van der Waals surface area contributed by atoms with E-state index >= 15 is 0 Å². The number of likely N-dealkylation sites (N-methyl/N-ethyl adjacent to an activating group) is 1. The lowest BCUT2D eigenvalue weighted by Crippen LogP contribution is -2.36. The Hall–Kier alpha value is -1.26. The molecule has 1 amide bonds. The standard InChI is InChI=1S/C12H16ClNO3/c1-2-14(7-8-15)12(16)9-17-11-6-4-3-5-10(11)13/h3-6,15H,2,7-9H2,1H3. The molecule has 1 N–H and O–H groups in total. The van der Waals surface area contributed by atoms with Crippen LogP contribution in [0.1, 0.15) is 6.92 Å². The van der Waals surface area contributed by atoms with Crippen LogP contribution in [0.3, 0.4) is 0 Å². The monoisotopic (exact) mass is 257 g/mol. The Labute approximate surface area is 106 Å². The Morgan fingerprint density at radius 1 is 1.47 bits per heavy atom. The van der Waals surface area contributed by atoms with Crippen LogP contribution in [0.5, 0.6) is 5.75 Å². The van der Waals surface area contributed by atoms with Gasteiger partial charge >= 0.3 is 0 Å². The van der Waals surface area contributed by atoms with E-state index in [9.17, 15) is 4.79 Å². The molecule has 0 unspecified atom stereocenters. The van der Waals surface area contributed by atoms with E-state index in [1.807, 2.05) is 6.92 Å². The number of hydrogen-bond acceptors (Lipinski definition) is 3. The third-order valence-corrected chi connectivity index (χ3v) is 2.60. The fourth-order valence-corrected chi connectivity index (χ4v) is 1.56. The first-order valence-corrected chi connectivity index (χ1v) is 5.82. The summed E-state index contributed by atoms with van der Waals surface area (Å²) in [6.45, 7) is 2.60. The molecular weight excluding hydrogens is 242 g/mol. The van der Waals surface area contributed by atoms with Gasteiger partial charge in [0.2, 0.25) is 0 Å². The van der Waals surface area contributed by atoms with Crippen LogP contribution in [0.2, 0.25) is 5.02 Å². The van der Waals surface area contributed by atoms with E-state index in [-0.39, 0.29) is 19.1 Å². The Morgan fingerprint density at radius 2 is 2.18 bits per heavy atom. The number of carbonyl (C=O) groups excluding carboxylic acids is 1. The lowest BCUT2D eigenvalue weighted by Gasteiger charge is -2.19. The molecule has 0 bridgehead atoms. The SMILES string of the molecule is CCN(CCO)C(=O)COc1ccccc1Cl. The number of aliphatic hydroxyl groups is 1. The van der Waals surface area contributed by atoms with Gasteiger partial charge in [0, 0.05) is 13.1 Å². The maximum atomic E-state index is 11.7. The minimum absolute atomic E-state index is 0.0499. The van der Waals surface area contributed by atoms with Crippen LogP contribution in [0.15, 0.2) is 24.3 Å². The van der Waals surface area contributed by atoms with E-state index < -0.39 is 0 Å². The van der Waals surface area contributed by atoms with E-state index in [4.69, 9.17) is 21.4 Å². The lowest BCUT2D eigenvalue weighted by molar-refractivity contribution is -0.133. The summed E-state index contributed by atoms with van der Waals surface area (Å²) < 4.78 is 5.32. The molecule has 0 heterocycles. The molecule has 0 aliphatic heterocycles. The number of hydrogen-bond donors (Lipinski definition) is 1. The second-order valence-corrected chi connectivity index (χ2v) is 3.82. The summed E-state index contributed by atoms with van der Waals surface area (Å²) in [5, 5.41) is 9.27. The number of para-hydroxylation sites is 1. The molecule has 5 heteroatoms. The number of carbonyl (C=O) groups is 1. The molecule has 0 radical (unpaired) electrons. The van der Waals surface area contributed by atoms with Gasteiger partial charge in [-0.2, -0.15) is 0 Å². The molecule has 0 aliphatic rings. The van der Waals surface area contributed by atoms with E-state index in [2.05, 4.69) is 0 Å². The molecule has 17 heavy (non-hydrogen) atoms. The van der Waals surface area contributed by atoms with Crippen molar-refractivity contribution in [2.75, 3.05) is 26.3 Å². The van der Waals surface area contributed by atoms with Crippen molar-refractivity contribution in [3.8, 4) is 5.75 Å². The van der Waals surface area contributed by atoms with Crippen molar-refractivity contribution in [2.45, 2.75) is 6.92 Å². The van der Waals surface area contributed by atoms with Crippen molar-refractivity contribution in [3.63, 3.8) is 0 Å². The zero-order valence-corrected chi connectivity index (χ0v) is 10.5. The number of benzene rings is 1. The average molecular weight is 258 g/mol. The van der Waals surface area contributed by atoms with Gasteiger partial charge in [0.25, 0.3) is 5.91 Å². The molecule has 0 saturated heterocycles. The smallest absolute Gasteiger partial charge is 0.260 e. The van der Waals surface area contributed by atoms with Crippen LogP contribution in [-0.4, -0.2) is 42.2 Å². The van der Waals surface area contributed by atoms with Gasteiger partial charge in [-0.3, -0.25) is 4.79 Å². The first-order valence-electron chi connectivity index (χ1n) is 5.45. The van der Waals surface area contributed by atoms with Crippen LogP contribution in [0.4, 0.5) is 0 Å². The summed E-state index contributed by atoms with van der Waals surface area (Å²) in [5.41, 5.74) is 0. The Balaban J connectivity index is 2.50. The predicted molar refractivity (Wildman–Crippen MR) is 66.3 cm³/mol. The van der Waals surface area contributed by atoms with Gasteiger partial charge in [-0.05, 0) is 19.1 Å². The average Bonchev–Trinajstić information content (AvgIpc) is 2.34. The molecule has 4 nitrogen and oxygen atoms in total. The van der Waals surface area contributed by atoms with E-state index in [1.54, 1.807) is 24.3 Å². The number of aliphatic hydroxyl groups excluding tert-OH is 1. The van der Waals surface area contributed by atoms with Gasteiger partial charge in [-0.1, -0.05) is 23.7 Å². The van der Waals surface area contributed by atoms with Gasteiger partial charge in [-0.25, -0.2) is 0 Å². The predicted octanol–water partition coefficient (Wildman–Crippen LogP) is 1.56. The first-order chi connectivity index (χ1) is 8.19. The quantitative estimate of drug-likeness (QED) is 0.841. The Bertz CT molecular complexity index is 371. The third-order valence-electron chi connectivity index (χ3n) is 2.29. The topological polar surface area (TPSA) is 49.8 Å². The fourth-order valence-electron chi connectivity index (χ4n) is 1.37. The van der Waals surface area contributed by atoms with E-state index in [0.717, 1.165) is 0 Å². The summed E-state index contributed by atoms with van der Waals surface area (Å²) in [4.78, 5) is 13.2. The number of ether oxygens (including phenoxy) is 1. The molecule has 1 aromatic rings. The second-order valence-electron chi connectivity index (χ2n) is 3.42. The maximum absolute atomic E-state index is 11.7. The number of nitrogens with zero attached hydrogens (tertiary/aromatic N) is 1. The van der Waals surface area contributed by atoms with Gasteiger partial charge in [0.05, 0.1) is 11.6 Å². The summed E-state index contributed by atoms with van der Waals surface area (Å²) >= 11 is 5.89. The Morgan fingerprint density at radius 3 is 2.76 bits per heavy atom. The highest BCUT2D eigenvalue weighted by molar-refractivity contribution is 6.32. The van der Waals surface area contributed by atoms with Crippen molar-refractivity contribution in [1.29, 1.82) is 0 Å². The molecule has 0 fully saturated rings. The van der Waals surface area contributed by atoms with Gasteiger partial charge in [0.15, 0.2) is 6.61 Å². The number of amides is 1. The molecule has 94 valence electrons. The molecule has 0 spiro atoms. The van der Waals surface area contributed by atoms with E-state index in [0.29, 0.717) is 23.9 Å². The summed E-state index contributed by atoms with van der Waals surface area (Å²) in [6.07, 6.45) is 0. The van der Waals surface area contributed by atoms with Gasteiger partial charge in [-0.15, -0.1) is 0 Å². The molecule has 0 aliphatic carbocycles. The highest BCUT2D eigenvalue weighted by Crippen LogP contribution is 2.22. The van der Waals surface area contributed by atoms with Crippen LogP contribution in [-0.2, 0) is 4.79 Å². The molecule has 0 aromatic heterocycles. The van der Waals surface area contributed by atoms with E-state index in [1.165, 1.54) is 4.90 Å². The summed E-state index contributed by atoms with van der Waals surface area (Å²) in [6, 6.07) is 6.99. The van der Waals surface area contributed by atoms with Gasteiger partial charge < -0.3 is 14.7 Å². The molecule has 1 rings (SSSR count). The molecule has 0 atom stereocenters. The van der Waals surface area contributed by atoms with Crippen molar-refractivity contribution in [1.82, 2.24) is 4.90 Å². The van der Waals surface area contributed by atoms with Crippen molar-refractivity contribution in [2.24, 2.45) is 0 Å². The van der Waals surface area contributed by atoms with Crippen molar-refractivity contribution >= 4 is 17.5 Å².